The van der Waals surface area contributed by atoms with Crippen LogP contribution in [0.3, 0.4) is 0 Å². The van der Waals surface area contributed by atoms with Crippen molar-refractivity contribution in [2.45, 2.75) is 18.1 Å². The number of hydrogen-bond donors (Lipinski definition) is 1. The van der Waals surface area contributed by atoms with Crippen LogP contribution in [-0.4, -0.2) is 42.4 Å². The number of benzene rings is 2. The van der Waals surface area contributed by atoms with E-state index in [4.69, 9.17) is 4.74 Å². The molecule has 1 aliphatic heterocycles. The molecule has 1 N–H and O–H groups in total. The third-order valence-corrected chi connectivity index (χ3v) is 5.26. The molecule has 0 bridgehead atoms. The zero-order chi connectivity index (χ0) is 15.7. The molecule has 1 heterocycles. The van der Waals surface area contributed by atoms with E-state index < -0.39 is 5.60 Å². The van der Waals surface area contributed by atoms with Gasteiger partial charge < -0.3 is 9.84 Å². The molecule has 2 aromatic carbocycles. The fourth-order valence-corrected chi connectivity index (χ4v) is 4.04. The quantitative estimate of drug-likeness (QED) is 0.941. The Hall–Kier alpha value is -1.68. The molecular weight excluding hydrogens is 286 g/mol. The number of morpholine rings is 1. The largest absolute Gasteiger partial charge is 0.383 e. The third-order valence-electron chi connectivity index (χ3n) is 5.26. The van der Waals surface area contributed by atoms with E-state index in [0.29, 0.717) is 0 Å². The van der Waals surface area contributed by atoms with E-state index in [1.165, 1.54) is 5.56 Å². The van der Waals surface area contributed by atoms with E-state index in [9.17, 15) is 5.11 Å². The Morgan fingerprint density at radius 1 is 0.957 bits per heavy atom. The van der Waals surface area contributed by atoms with Crippen molar-refractivity contribution in [3.63, 3.8) is 0 Å². The summed E-state index contributed by atoms with van der Waals surface area (Å²) in [4.78, 5) is 2.41. The fraction of sp³-hybridized carbons (Fsp3) is 0.400. The molecule has 3 nitrogen and oxygen atoms in total. The molecule has 1 aliphatic carbocycles. The highest BCUT2D eigenvalue weighted by Gasteiger charge is 2.66. The summed E-state index contributed by atoms with van der Waals surface area (Å²) < 4.78 is 5.48. The van der Waals surface area contributed by atoms with Gasteiger partial charge in [-0.15, -0.1) is 0 Å². The van der Waals surface area contributed by atoms with Crippen molar-refractivity contribution >= 4 is 0 Å². The molecule has 2 aromatic rings. The first kappa shape index (κ1) is 14.9. The molecule has 1 saturated carbocycles. The zero-order valence-electron chi connectivity index (χ0n) is 13.3. The number of hydrogen-bond acceptors (Lipinski definition) is 3. The first-order valence-corrected chi connectivity index (χ1v) is 8.44. The SMILES string of the molecule is O[C@]1(c2ccccc2)[C@@H](N2CCOCC2)[C@@H]1Cc1ccccc1. The topological polar surface area (TPSA) is 32.7 Å². The number of aliphatic hydroxyl groups is 1. The Labute approximate surface area is 137 Å². The molecule has 120 valence electrons. The predicted octanol–water partition coefficient (Wildman–Crippen LogP) is 2.45. The highest BCUT2D eigenvalue weighted by Crippen LogP contribution is 2.56. The van der Waals surface area contributed by atoms with E-state index >= 15 is 0 Å². The van der Waals surface area contributed by atoms with Gasteiger partial charge in [0.15, 0.2) is 0 Å². The molecule has 0 unspecified atom stereocenters. The second-order valence-electron chi connectivity index (χ2n) is 6.58. The van der Waals surface area contributed by atoms with Gasteiger partial charge in [0.2, 0.25) is 0 Å². The van der Waals surface area contributed by atoms with Gasteiger partial charge in [-0.1, -0.05) is 60.7 Å². The molecule has 0 amide bonds. The van der Waals surface area contributed by atoms with Gasteiger partial charge >= 0.3 is 0 Å². The summed E-state index contributed by atoms with van der Waals surface area (Å²) >= 11 is 0. The van der Waals surface area contributed by atoms with Gasteiger partial charge in [-0.05, 0) is 17.5 Å². The Kier molecular flexibility index (Phi) is 3.93. The first-order chi connectivity index (χ1) is 11.3. The van der Waals surface area contributed by atoms with Crippen LogP contribution in [0.2, 0.25) is 0 Å². The summed E-state index contributed by atoms with van der Waals surface area (Å²) in [6.45, 7) is 3.34. The molecule has 2 aliphatic rings. The van der Waals surface area contributed by atoms with E-state index in [1.807, 2.05) is 24.3 Å². The smallest absolute Gasteiger partial charge is 0.110 e. The highest BCUT2D eigenvalue weighted by atomic mass is 16.5. The number of rotatable bonds is 4. The predicted molar refractivity (Wildman–Crippen MR) is 90.2 cm³/mol. The monoisotopic (exact) mass is 309 g/mol. The van der Waals surface area contributed by atoms with Crippen molar-refractivity contribution in [3.05, 3.63) is 71.8 Å². The lowest BCUT2D eigenvalue weighted by atomic mass is 10.0. The molecule has 0 spiro atoms. The Morgan fingerprint density at radius 2 is 1.57 bits per heavy atom. The molecule has 3 atom stereocenters. The van der Waals surface area contributed by atoms with Gasteiger partial charge in [-0.25, -0.2) is 0 Å². The van der Waals surface area contributed by atoms with Crippen molar-refractivity contribution in [1.82, 2.24) is 4.90 Å². The van der Waals surface area contributed by atoms with Crippen LogP contribution in [0.4, 0.5) is 0 Å². The summed E-state index contributed by atoms with van der Waals surface area (Å²) in [5.41, 5.74) is 1.59. The lowest BCUT2D eigenvalue weighted by Gasteiger charge is -2.28. The summed E-state index contributed by atoms with van der Waals surface area (Å²) in [5, 5.41) is 11.5. The first-order valence-electron chi connectivity index (χ1n) is 8.44. The summed E-state index contributed by atoms with van der Waals surface area (Å²) in [7, 11) is 0. The van der Waals surface area contributed by atoms with Crippen LogP contribution in [-0.2, 0) is 16.8 Å². The highest BCUT2D eigenvalue weighted by molar-refractivity contribution is 5.37. The van der Waals surface area contributed by atoms with Crippen molar-refractivity contribution in [2.24, 2.45) is 5.92 Å². The van der Waals surface area contributed by atoms with Gasteiger partial charge in [0.05, 0.1) is 13.2 Å². The van der Waals surface area contributed by atoms with Crippen LogP contribution in [0, 0.1) is 5.92 Å². The molecule has 2 fully saturated rings. The average molecular weight is 309 g/mol. The van der Waals surface area contributed by atoms with Gasteiger partial charge in [0.25, 0.3) is 0 Å². The van der Waals surface area contributed by atoms with Crippen molar-refractivity contribution in [3.8, 4) is 0 Å². The maximum atomic E-state index is 11.5. The van der Waals surface area contributed by atoms with Gasteiger partial charge in [0.1, 0.15) is 5.60 Å². The number of ether oxygens (including phenoxy) is 1. The van der Waals surface area contributed by atoms with E-state index in [2.05, 4.69) is 41.3 Å². The molecular formula is C20H23NO2. The van der Waals surface area contributed by atoms with Crippen LogP contribution >= 0.6 is 0 Å². The minimum absolute atomic E-state index is 0.189. The summed E-state index contributed by atoms with van der Waals surface area (Å²) in [5.74, 6) is 0.241. The third kappa shape index (κ3) is 2.69. The standard InChI is InChI=1S/C20H23NO2/c22-20(17-9-5-2-6-10-17)18(15-16-7-3-1-4-8-16)19(20)21-11-13-23-14-12-21/h1-10,18-19,22H,11-15H2/t18-,19-,20-/m0/s1. The van der Waals surface area contributed by atoms with Crippen molar-refractivity contribution < 1.29 is 9.84 Å². The van der Waals surface area contributed by atoms with Crippen molar-refractivity contribution in [1.29, 1.82) is 0 Å². The minimum Gasteiger partial charge on any atom is -0.383 e. The maximum absolute atomic E-state index is 11.5. The molecule has 3 heteroatoms. The molecule has 4 rings (SSSR count). The molecule has 1 saturated heterocycles. The van der Waals surface area contributed by atoms with E-state index in [1.54, 1.807) is 0 Å². The van der Waals surface area contributed by atoms with Crippen LogP contribution < -0.4 is 0 Å². The van der Waals surface area contributed by atoms with Gasteiger partial charge in [-0.2, -0.15) is 0 Å². The Bertz CT molecular complexity index is 639. The van der Waals surface area contributed by atoms with Gasteiger partial charge in [-0.3, -0.25) is 4.90 Å². The van der Waals surface area contributed by atoms with Crippen LogP contribution in [0.15, 0.2) is 60.7 Å². The van der Waals surface area contributed by atoms with E-state index in [0.717, 1.165) is 38.3 Å². The van der Waals surface area contributed by atoms with Crippen molar-refractivity contribution in [2.75, 3.05) is 26.3 Å². The Balaban J connectivity index is 1.61. The molecule has 23 heavy (non-hydrogen) atoms. The fourth-order valence-electron chi connectivity index (χ4n) is 4.04. The van der Waals surface area contributed by atoms with Gasteiger partial charge in [0, 0.05) is 25.0 Å². The molecule has 0 aromatic heterocycles. The maximum Gasteiger partial charge on any atom is 0.110 e. The van der Waals surface area contributed by atoms with E-state index in [-0.39, 0.29) is 12.0 Å². The summed E-state index contributed by atoms with van der Waals surface area (Å²) in [6.07, 6.45) is 0.911. The Morgan fingerprint density at radius 3 is 2.22 bits per heavy atom. The summed E-state index contributed by atoms with van der Waals surface area (Å²) in [6, 6.07) is 20.8. The lowest BCUT2D eigenvalue weighted by Crippen LogP contribution is -2.41. The normalized spacial score (nSPS) is 31.0. The second-order valence-corrected chi connectivity index (χ2v) is 6.58. The zero-order valence-corrected chi connectivity index (χ0v) is 13.3. The average Bonchev–Trinajstić information content (AvgIpc) is 3.22. The van der Waals surface area contributed by atoms with Crippen LogP contribution in [0.1, 0.15) is 11.1 Å². The van der Waals surface area contributed by atoms with Crippen LogP contribution in [0.5, 0.6) is 0 Å². The number of nitrogens with zero attached hydrogens (tertiary/aromatic N) is 1. The molecule has 0 radical (unpaired) electrons. The lowest BCUT2D eigenvalue weighted by molar-refractivity contribution is 0.0127. The minimum atomic E-state index is -0.742. The second kappa shape index (κ2) is 6.08. The van der Waals surface area contributed by atoms with Crippen LogP contribution in [0.25, 0.3) is 0 Å².